The minimum absolute atomic E-state index is 0.0552. The number of thioether (sulfide) groups is 1. The van der Waals surface area contributed by atoms with Crippen LogP contribution in [0.2, 0.25) is 0 Å². The van der Waals surface area contributed by atoms with Gasteiger partial charge in [-0.2, -0.15) is 0 Å². The van der Waals surface area contributed by atoms with E-state index in [0.717, 1.165) is 0 Å². The number of nitrogens with one attached hydrogen (secondary N) is 1. The van der Waals surface area contributed by atoms with Gasteiger partial charge in [-0.05, 0) is 44.5 Å². The van der Waals surface area contributed by atoms with Gasteiger partial charge in [-0.1, -0.05) is 17.8 Å². The number of benzene rings is 1. The molecule has 34 heavy (non-hydrogen) atoms. The van der Waals surface area contributed by atoms with E-state index in [1.807, 2.05) is 4.90 Å². The van der Waals surface area contributed by atoms with Crippen molar-refractivity contribution >= 4 is 29.5 Å². The van der Waals surface area contributed by atoms with E-state index >= 15 is 0 Å². The van der Waals surface area contributed by atoms with Crippen LogP contribution in [0.15, 0.2) is 29.4 Å². The van der Waals surface area contributed by atoms with Crippen LogP contribution in [0.3, 0.4) is 0 Å². The maximum Gasteiger partial charge on any atom is 0.340 e. The fourth-order valence-corrected chi connectivity index (χ4v) is 4.72. The van der Waals surface area contributed by atoms with Gasteiger partial charge in [0.05, 0.1) is 42.5 Å². The Bertz CT molecular complexity index is 1200. The zero-order valence-corrected chi connectivity index (χ0v) is 20.1. The molecule has 9 nitrogen and oxygen atoms in total. The Kier molecular flexibility index (Phi) is 7.32. The van der Waals surface area contributed by atoms with Crippen LogP contribution in [0.1, 0.15) is 39.0 Å². The topological polar surface area (TPSA) is 102 Å². The average molecular weight is 488 g/mol. The Morgan fingerprint density at radius 1 is 1.24 bits per heavy atom. The van der Waals surface area contributed by atoms with Crippen molar-refractivity contribution in [3.63, 3.8) is 0 Å². The number of nitrogens with zero attached hydrogens (tertiary/aromatic N) is 4. The lowest BCUT2D eigenvalue weighted by Crippen LogP contribution is -2.37. The van der Waals surface area contributed by atoms with Gasteiger partial charge in [0.15, 0.2) is 10.9 Å². The van der Waals surface area contributed by atoms with Gasteiger partial charge < -0.3 is 19.4 Å². The van der Waals surface area contributed by atoms with Gasteiger partial charge in [0, 0.05) is 18.8 Å². The van der Waals surface area contributed by atoms with Crippen LogP contribution in [-0.2, 0) is 9.47 Å². The molecule has 11 heteroatoms. The van der Waals surface area contributed by atoms with E-state index in [-0.39, 0.29) is 24.0 Å². The standard InChI is InChI=1S/C23H26FN5O4S/c1-4-33-21(31)19-14(2)20(25-15(19)3)18(30)13-34-23-27-26-22(28-8-10-32-11-9-28)29(23)17-7-5-6-16(24)12-17/h5-7,12,25H,4,8-11,13H2,1-3H3. The molecule has 0 atom stereocenters. The van der Waals surface area contributed by atoms with Gasteiger partial charge in [0.1, 0.15) is 5.82 Å². The van der Waals surface area contributed by atoms with Gasteiger partial charge in [-0.3, -0.25) is 9.36 Å². The van der Waals surface area contributed by atoms with Gasteiger partial charge in [-0.25, -0.2) is 9.18 Å². The highest BCUT2D eigenvalue weighted by Crippen LogP contribution is 2.29. The molecule has 1 fully saturated rings. The number of esters is 1. The number of anilines is 1. The number of hydrogen-bond acceptors (Lipinski definition) is 8. The van der Waals surface area contributed by atoms with Crippen molar-refractivity contribution in [2.45, 2.75) is 25.9 Å². The van der Waals surface area contributed by atoms with Crippen molar-refractivity contribution in [3.05, 3.63) is 52.6 Å². The Morgan fingerprint density at radius 2 is 2.00 bits per heavy atom. The first-order valence-corrected chi connectivity index (χ1v) is 12.0. The van der Waals surface area contributed by atoms with Gasteiger partial charge in [0.25, 0.3) is 0 Å². The van der Waals surface area contributed by atoms with Crippen LogP contribution in [0, 0.1) is 19.7 Å². The van der Waals surface area contributed by atoms with Crippen molar-refractivity contribution < 1.29 is 23.5 Å². The van der Waals surface area contributed by atoms with E-state index in [0.29, 0.717) is 65.6 Å². The fraction of sp³-hybridized carbons (Fsp3) is 0.391. The lowest BCUT2D eigenvalue weighted by Gasteiger charge is -2.27. The lowest BCUT2D eigenvalue weighted by molar-refractivity contribution is 0.0525. The summed E-state index contributed by atoms with van der Waals surface area (Å²) in [5, 5.41) is 9.10. The first-order valence-electron chi connectivity index (χ1n) is 11.0. The molecule has 4 rings (SSSR count). The molecular weight excluding hydrogens is 461 g/mol. The Balaban J connectivity index is 1.60. The van der Waals surface area contributed by atoms with Crippen LogP contribution in [-0.4, -0.2) is 70.2 Å². The molecule has 1 N–H and O–H groups in total. The third-order valence-electron chi connectivity index (χ3n) is 5.50. The van der Waals surface area contributed by atoms with E-state index < -0.39 is 5.97 Å². The molecule has 3 aromatic rings. The van der Waals surface area contributed by atoms with Crippen LogP contribution in [0.25, 0.3) is 5.69 Å². The minimum atomic E-state index is -0.457. The van der Waals surface area contributed by atoms with Crippen molar-refractivity contribution in [2.24, 2.45) is 0 Å². The second-order valence-corrected chi connectivity index (χ2v) is 8.70. The molecule has 0 radical (unpaired) electrons. The van der Waals surface area contributed by atoms with E-state index in [2.05, 4.69) is 15.2 Å². The number of hydrogen-bond donors (Lipinski definition) is 1. The third kappa shape index (κ3) is 4.85. The van der Waals surface area contributed by atoms with E-state index in [4.69, 9.17) is 9.47 Å². The first kappa shape index (κ1) is 24.0. The number of ether oxygens (including phenoxy) is 2. The number of Topliss-reactive ketones (excluding diaryl/α,β-unsaturated/α-hetero) is 1. The van der Waals surface area contributed by atoms with Gasteiger partial charge >= 0.3 is 5.97 Å². The molecule has 180 valence electrons. The van der Waals surface area contributed by atoms with E-state index in [9.17, 15) is 14.0 Å². The summed E-state index contributed by atoms with van der Waals surface area (Å²) in [4.78, 5) is 30.4. The molecule has 1 saturated heterocycles. The van der Waals surface area contributed by atoms with Gasteiger partial charge in [-0.15, -0.1) is 10.2 Å². The van der Waals surface area contributed by atoms with Crippen molar-refractivity contribution in [1.82, 2.24) is 19.7 Å². The minimum Gasteiger partial charge on any atom is -0.462 e. The molecule has 1 aliphatic rings. The maximum absolute atomic E-state index is 14.0. The number of aryl methyl sites for hydroxylation is 1. The number of morpholine rings is 1. The number of halogens is 1. The maximum atomic E-state index is 14.0. The Morgan fingerprint density at radius 3 is 2.71 bits per heavy atom. The lowest BCUT2D eigenvalue weighted by atomic mass is 10.1. The molecule has 0 aliphatic carbocycles. The quantitative estimate of drug-likeness (QED) is 0.293. The molecular formula is C23H26FN5O4S. The predicted octanol–water partition coefficient (Wildman–Crippen LogP) is 3.34. The normalized spacial score (nSPS) is 13.8. The van der Waals surface area contributed by atoms with Crippen LogP contribution < -0.4 is 4.90 Å². The summed E-state index contributed by atoms with van der Waals surface area (Å²) in [6, 6.07) is 6.17. The molecule has 0 spiro atoms. The molecule has 0 amide bonds. The number of aromatic amines is 1. The van der Waals surface area contributed by atoms with E-state index in [1.165, 1.54) is 23.9 Å². The molecule has 0 bridgehead atoms. The third-order valence-corrected chi connectivity index (χ3v) is 6.43. The second-order valence-electron chi connectivity index (χ2n) is 7.75. The summed E-state index contributed by atoms with van der Waals surface area (Å²) in [6.07, 6.45) is 0. The Labute approximate surface area is 200 Å². The average Bonchev–Trinajstić information content (AvgIpc) is 3.38. The van der Waals surface area contributed by atoms with Crippen LogP contribution in [0.4, 0.5) is 10.3 Å². The van der Waals surface area contributed by atoms with E-state index in [1.54, 1.807) is 37.5 Å². The van der Waals surface area contributed by atoms with Crippen molar-refractivity contribution in [1.29, 1.82) is 0 Å². The zero-order valence-electron chi connectivity index (χ0n) is 19.3. The number of carbonyl (C=O) groups excluding carboxylic acids is 2. The zero-order chi connectivity index (χ0) is 24.2. The number of ketones is 1. The number of rotatable bonds is 8. The SMILES string of the molecule is CCOC(=O)c1c(C)[nH]c(C(=O)CSc2nnc(N3CCOCC3)n2-c2cccc(F)c2)c1C. The Hall–Kier alpha value is -3.18. The first-order chi connectivity index (χ1) is 16.4. The molecule has 0 unspecified atom stereocenters. The highest BCUT2D eigenvalue weighted by atomic mass is 32.2. The fourth-order valence-electron chi connectivity index (χ4n) is 3.91. The number of H-pyrrole nitrogens is 1. The summed E-state index contributed by atoms with van der Waals surface area (Å²) in [5.74, 6) is -0.403. The summed E-state index contributed by atoms with van der Waals surface area (Å²) in [5.41, 5.74) is 2.45. The molecule has 2 aromatic heterocycles. The van der Waals surface area contributed by atoms with Crippen LogP contribution in [0.5, 0.6) is 0 Å². The highest BCUT2D eigenvalue weighted by Gasteiger charge is 2.25. The molecule has 1 aliphatic heterocycles. The summed E-state index contributed by atoms with van der Waals surface area (Å²) in [7, 11) is 0. The highest BCUT2D eigenvalue weighted by molar-refractivity contribution is 7.99. The number of aromatic nitrogens is 4. The van der Waals surface area contributed by atoms with Crippen LogP contribution >= 0.6 is 11.8 Å². The summed E-state index contributed by atoms with van der Waals surface area (Å²) >= 11 is 1.20. The van der Waals surface area contributed by atoms with Crippen molar-refractivity contribution in [2.75, 3.05) is 43.6 Å². The largest absolute Gasteiger partial charge is 0.462 e. The summed E-state index contributed by atoms with van der Waals surface area (Å²) < 4.78 is 26.3. The molecule has 1 aromatic carbocycles. The smallest absolute Gasteiger partial charge is 0.340 e. The molecule has 0 saturated carbocycles. The molecule has 3 heterocycles. The van der Waals surface area contributed by atoms with Crippen molar-refractivity contribution in [3.8, 4) is 5.69 Å². The second kappa shape index (κ2) is 10.4. The monoisotopic (exact) mass is 487 g/mol. The summed E-state index contributed by atoms with van der Waals surface area (Å²) in [6.45, 7) is 7.83. The van der Waals surface area contributed by atoms with Gasteiger partial charge in [0.2, 0.25) is 5.95 Å². The number of carbonyl (C=O) groups is 2. The predicted molar refractivity (Wildman–Crippen MR) is 126 cm³/mol.